The molecule has 74 valence electrons. The molecule has 1 aliphatic heterocycles. The molecule has 0 saturated carbocycles. The van der Waals surface area contributed by atoms with Crippen LogP contribution in [0.1, 0.15) is 11.6 Å². The highest BCUT2D eigenvalue weighted by molar-refractivity contribution is 9.10. The van der Waals surface area contributed by atoms with Crippen LogP contribution in [0, 0.1) is 5.82 Å². The number of rotatable bonds is 1. The maximum absolute atomic E-state index is 13.1. The number of hydrogen-bond donors (Lipinski definition) is 2. The summed E-state index contributed by atoms with van der Waals surface area (Å²) < 4.78 is 13.8. The van der Waals surface area contributed by atoms with E-state index in [0.29, 0.717) is 12.5 Å². The molecule has 0 spiro atoms. The zero-order chi connectivity index (χ0) is 10.1. The molecular formula is C9H9BrFN3. The number of nitrogens with two attached hydrogens (primary N) is 1. The zero-order valence-corrected chi connectivity index (χ0v) is 8.88. The number of halogens is 2. The van der Waals surface area contributed by atoms with E-state index in [9.17, 15) is 4.39 Å². The Morgan fingerprint density at radius 3 is 2.86 bits per heavy atom. The van der Waals surface area contributed by atoms with E-state index in [-0.39, 0.29) is 11.9 Å². The van der Waals surface area contributed by atoms with Crippen molar-refractivity contribution in [3.63, 3.8) is 0 Å². The van der Waals surface area contributed by atoms with Gasteiger partial charge in [-0.1, -0.05) is 15.9 Å². The third kappa shape index (κ3) is 1.87. The summed E-state index contributed by atoms with van der Waals surface area (Å²) in [6.07, 6.45) is 0. The summed E-state index contributed by atoms with van der Waals surface area (Å²) in [5.74, 6) is 0.150. The molecule has 2 rings (SSSR count). The lowest BCUT2D eigenvalue weighted by molar-refractivity contribution is 0.616. The van der Waals surface area contributed by atoms with Crippen molar-refractivity contribution in [2.24, 2.45) is 10.7 Å². The minimum Gasteiger partial charge on any atom is -0.370 e. The number of aliphatic imine (C=N–C) groups is 1. The van der Waals surface area contributed by atoms with Gasteiger partial charge in [0.1, 0.15) is 5.82 Å². The Balaban J connectivity index is 2.25. The van der Waals surface area contributed by atoms with Gasteiger partial charge < -0.3 is 11.1 Å². The lowest BCUT2D eigenvalue weighted by atomic mass is 10.1. The SMILES string of the molecule is NC1=NCC(c2cc(F)cc(Br)c2)N1. The Morgan fingerprint density at radius 1 is 1.50 bits per heavy atom. The third-order valence-electron chi connectivity index (χ3n) is 2.05. The summed E-state index contributed by atoms with van der Waals surface area (Å²) in [4.78, 5) is 4.00. The quantitative estimate of drug-likeness (QED) is 0.802. The van der Waals surface area contributed by atoms with Gasteiger partial charge in [-0.3, -0.25) is 4.99 Å². The van der Waals surface area contributed by atoms with Gasteiger partial charge in [-0.2, -0.15) is 0 Å². The molecule has 0 aliphatic carbocycles. The van der Waals surface area contributed by atoms with Crippen LogP contribution in [0.4, 0.5) is 4.39 Å². The first kappa shape index (κ1) is 9.45. The van der Waals surface area contributed by atoms with Crippen LogP contribution in [0.2, 0.25) is 0 Å². The molecule has 1 heterocycles. The molecule has 1 unspecified atom stereocenters. The lowest BCUT2D eigenvalue weighted by Gasteiger charge is -2.11. The fourth-order valence-electron chi connectivity index (χ4n) is 1.42. The van der Waals surface area contributed by atoms with Crippen molar-refractivity contribution < 1.29 is 4.39 Å². The monoisotopic (exact) mass is 257 g/mol. The van der Waals surface area contributed by atoms with Gasteiger partial charge in [0.05, 0.1) is 12.6 Å². The maximum atomic E-state index is 13.1. The molecular weight excluding hydrogens is 249 g/mol. The fourth-order valence-corrected chi connectivity index (χ4v) is 1.91. The minimum absolute atomic E-state index is 0.0120. The average Bonchev–Trinajstić information content (AvgIpc) is 2.50. The molecule has 1 atom stereocenters. The topological polar surface area (TPSA) is 50.4 Å². The van der Waals surface area contributed by atoms with E-state index in [1.807, 2.05) is 6.07 Å². The van der Waals surface area contributed by atoms with Crippen LogP contribution in [-0.4, -0.2) is 12.5 Å². The summed E-state index contributed by atoms with van der Waals surface area (Å²) in [5.41, 5.74) is 6.32. The normalized spacial score (nSPS) is 20.4. The van der Waals surface area contributed by atoms with Crippen LogP contribution in [0.25, 0.3) is 0 Å². The molecule has 3 N–H and O–H groups in total. The standard InChI is InChI=1S/C9H9BrFN3/c10-6-1-5(2-7(11)3-6)8-4-13-9(12)14-8/h1-3,8H,4H2,(H3,12,13,14). The summed E-state index contributed by atoms with van der Waals surface area (Å²) in [6, 6.07) is 4.75. The van der Waals surface area contributed by atoms with E-state index in [4.69, 9.17) is 5.73 Å². The van der Waals surface area contributed by atoms with Gasteiger partial charge in [-0.05, 0) is 23.8 Å². The Bertz CT molecular complexity index is 371. The van der Waals surface area contributed by atoms with Crippen molar-refractivity contribution >= 4 is 21.9 Å². The second kappa shape index (κ2) is 3.57. The van der Waals surface area contributed by atoms with Crippen molar-refractivity contribution in [1.82, 2.24) is 5.32 Å². The number of benzene rings is 1. The van der Waals surface area contributed by atoms with Crippen LogP contribution >= 0.6 is 15.9 Å². The molecule has 14 heavy (non-hydrogen) atoms. The van der Waals surface area contributed by atoms with E-state index in [0.717, 1.165) is 10.0 Å². The molecule has 3 nitrogen and oxygen atoms in total. The number of guanidine groups is 1. The van der Waals surface area contributed by atoms with Crippen molar-refractivity contribution in [2.75, 3.05) is 6.54 Å². The van der Waals surface area contributed by atoms with Crippen molar-refractivity contribution in [3.05, 3.63) is 34.1 Å². The maximum Gasteiger partial charge on any atom is 0.189 e. The van der Waals surface area contributed by atoms with Gasteiger partial charge in [-0.25, -0.2) is 4.39 Å². The highest BCUT2D eigenvalue weighted by Crippen LogP contribution is 2.22. The fraction of sp³-hybridized carbons (Fsp3) is 0.222. The van der Waals surface area contributed by atoms with Gasteiger partial charge in [0.15, 0.2) is 5.96 Å². The highest BCUT2D eigenvalue weighted by Gasteiger charge is 2.17. The number of nitrogens with one attached hydrogen (secondary N) is 1. The average molecular weight is 258 g/mol. The molecule has 1 aromatic carbocycles. The van der Waals surface area contributed by atoms with Crippen LogP contribution in [0.15, 0.2) is 27.7 Å². The van der Waals surface area contributed by atoms with Crippen molar-refractivity contribution in [1.29, 1.82) is 0 Å². The summed E-state index contributed by atoms with van der Waals surface area (Å²) >= 11 is 3.24. The smallest absolute Gasteiger partial charge is 0.189 e. The Hall–Kier alpha value is -1.10. The Morgan fingerprint density at radius 2 is 2.29 bits per heavy atom. The van der Waals surface area contributed by atoms with Gasteiger partial charge >= 0.3 is 0 Å². The molecule has 0 amide bonds. The van der Waals surface area contributed by atoms with Crippen LogP contribution in [0.5, 0.6) is 0 Å². The van der Waals surface area contributed by atoms with E-state index in [2.05, 4.69) is 26.2 Å². The Kier molecular flexibility index (Phi) is 2.41. The van der Waals surface area contributed by atoms with Gasteiger partial charge in [0.2, 0.25) is 0 Å². The van der Waals surface area contributed by atoms with Crippen LogP contribution < -0.4 is 11.1 Å². The van der Waals surface area contributed by atoms with E-state index in [1.165, 1.54) is 12.1 Å². The van der Waals surface area contributed by atoms with E-state index < -0.39 is 0 Å². The third-order valence-corrected chi connectivity index (χ3v) is 2.51. The predicted octanol–water partition coefficient (Wildman–Crippen LogP) is 1.55. The van der Waals surface area contributed by atoms with Crippen molar-refractivity contribution in [3.8, 4) is 0 Å². The first-order chi connectivity index (χ1) is 6.65. The molecule has 1 aliphatic rings. The van der Waals surface area contributed by atoms with Crippen LogP contribution in [-0.2, 0) is 0 Å². The number of hydrogen-bond acceptors (Lipinski definition) is 3. The van der Waals surface area contributed by atoms with Crippen LogP contribution in [0.3, 0.4) is 0 Å². The zero-order valence-electron chi connectivity index (χ0n) is 7.30. The predicted molar refractivity (Wildman–Crippen MR) is 56.5 cm³/mol. The first-order valence-corrected chi connectivity index (χ1v) is 4.97. The van der Waals surface area contributed by atoms with E-state index >= 15 is 0 Å². The number of nitrogens with zero attached hydrogens (tertiary/aromatic N) is 1. The second-order valence-electron chi connectivity index (χ2n) is 3.13. The molecule has 0 radical (unpaired) electrons. The van der Waals surface area contributed by atoms with Gasteiger partial charge in [-0.15, -0.1) is 0 Å². The highest BCUT2D eigenvalue weighted by atomic mass is 79.9. The molecule has 0 bridgehead atoms. The molecule has 5 heteroatoms. The molecule has 0 saturated heterocycles. The van der Waals surface area contributed by atoms with Gasteiger partial charge in [0.25, 0.3) is 0 Å². The molecule has 0 fully saturated rings. The summed E-state index contributed by atoms with van der Waals surface area (Å²) in [7, 11) is 0. The Labute approximate surface area is 89.3 Å². The molecule has 1 aromatic rings. The summed E-state index contributed by atoms with van der Waals surface area (Å²) in [5, 5.41) is 2.96. The second-order valence-corrected chi connectivity index (χ2v) is 4.04. The molecule has 0 aromatic heterocycles. The minimum atomic E-state index is -0.262. The lowest BCUT2D eigenvalue weighted by Crippen LogP contribution is -2.29. The largest absolute Gasteiger partial charge is 0.370 e. The van der Waals surface area contributed by atoms with Crippen molar-refractivity contribution in [2.45, 2.75) is 6.04 Å². The van der Waals surface area contributed by atoms with Gasteiger partial charge in [0, 0.05) is 4.47 Å². The summed E-state index contributed by atoms with van der Waals surface area (Å²) in [6.45, 7) is 0.557. The van der Waals surface area contributed by atoms with E-state index in [1.54, 1.807) is 0 Å². The first-order valence-electron chi connectivity index (χ1n) is 4.17.